The van der Waals surface area contributed by atoms with Crippen molar-refractivity contribution in [2.75, 3.05) is 18.4 Å². The lowest BCUT2D eigenvalue weighted by Gasteiger charge is -2.19. The van der Waals surface area contributed by atoms with Crippen LogP contribution in [0.3, 0.4) is 0 Å². The first-order valence-electron chi connectivity index (χ1n) is 8.43. The smallest absolute Gasteiger partial charge is 0.255 e. The normalized spacial score (nSPS) is 11.4. The zero-order chi connectivity index (χ0) is 20.2. The number of anilines is 1. The van der Waals surface area contributed by atoms with Crippen LogP contribution >= 0.6 is 11.6 Å². The summed E-state index contributed by atoms with van der Waals surface area (Å²) in [5.41, 5.74) is 0.859. The van der Waals surface area contributed by atoms with Gasteiger partial charge in [-0.3, -0.25) is 9.59 Å². The van der Waals surface area contributed by atoms with E-state index < -0.39 is 15.9 Å². The summed E-state index contributed by atoms with van der Waals surface area (Å²) in [7, 11) is -3.82. The lowest BCUT2D eigenvalue weighted by Crippen LogP contribution is -2.31. The van der Waals surface area contributed by atoms with E-state index in [2.05, 4.69) is 5.32 Å². The number of nitrogens with one attached hydrogen (secondary N) is 1. The van der Waals surface area contributed by atoms with Crippen LogP contribution in [0.25, 0.3) is 0 Å². The monoisotopic (exact) mass is 408 g/mol. The molecule has 0 spiro atoms. The average Bonchev–Trinajstić information content (AvgIpc) is 2.62. The number of carbonyl (C=O) groups is 2. The number of benzene rings is 2. The van der Waals surface area contributed by atoms with E-state index in [4.69, 9.17) is 11.6 Å². The standard InChI is InChI=1S/C19H21ClN2O4S/c1-4-22(5-2)27(25,26)18-12-14(10-11-16(18)20)19(24)21-17-9-7-6-8-15(17)13(3)23/h6-12H,4-5H2,1-3H3,(H,21,24). The number of rotatable bonds is 7. The Bertz CT molecular complexity index is 969. The Kier molecular flexibility index (Phi) is 6.75. The number of para-hydroxylation sites is 1. The fourth-order valence-corrected chi connectivity index (χ4v) is 4.60. The summed E-state index contributed by atoms with van der Waals surface area (Å²) in [4.78, 5) is 24.2. The lowest BCUT2D eigenvalue weighted by atomic mass is 10.1. The second kappa shape index (κ2) is 8.65. The van der Waals surface area contributed by atoms with Gasteiger partial charge in [-0.05, 0) is 37.3 Å². The quantitative estimate of drug-likeness (QED) is 0.706. The van der Waals surface area contributed by atoms with Gasteiger partial charge in [-0.15, -0.1) is 0 Å². The number of sulfonamides is 1. The van der Waals surface area contributed by atoms with Crippen LogP contribution in [0.1, 0.15) is 41.5 Å². The molecule has 0 atom stereocenters. The third kappa shape index (κ3) is 4.55. The molecule has 8 heteroatoms. The molecule has 27 heavy (non-hydrogen) atoms. The molecule has 0 unspecified atom stereocenters. The Morgan fingerprint density at radius 1 is 1.07 bits per heavy atom. The van der Waals surface area contributed by atoms with Crippen LogP contribution in [0.15, 0.2) is 47.4 Å². The highest BCUT2D eigenvalue weighted by atomic mass is 35.5. The number of ketones is 1. The van der Waals surface area contributed by atoms with Gasteiger partial charge in [-0.1, -0.05) is 37.6 Å². The second-order valence-electron chi connectivity index (χ2n) is 5.79. The SMILES string of the molecule is CCN(CC)S(=O)(=O)c1cc(C(=O)Nc2ccccc2C(C)=O)ccc1Cl. The molecule has 2 rings (SSSR count). The summed E-state index contributed by atoms with van der Waals surface area (Å²) in [5.74, 6) is -0.719. The molecule has 0 fully saturated rings. The number of Topliss-reactive ketones (excluding diaryl/α,β-unsaturated/α-hetero) is 1. The van der Waals surface area contributed by atoms with Gasteiger partial charge in [-0.2, -0.15) is 4.31 Å². The molecule has 0 aromatic heterocycles. The van der Waals surface area contributed by atoms with Crippen molar-refractivity contribution in [3.8, 4) is 0 Å². The topological polar surface area (TPSA) is 83.6 Å². The molecule has 0 radical (unpaired) electrons. The molecule has 144 valence electrons. The summed E-state index contributed by atoms with van der Waals surface area (Å²) in [6.45, 7) is 5.44. The summed E-state index contributed by atoms with van der Waals surface area (Å²) < 4.78 is 26.8. The number of hydrogen-bond donors (Lipinski definition) is 1. The molecule has 0 bridgehead atoms. The fourth-order valence-electron chi connectivity index (χ4n) is 2.64. The molecule has 0 heterocycles. The van der Waals surface area contributed by atoms with Gasteiger partial charge in [0.15, 0.2) is 5.78 Å². The minimum Gasteiger partial charge on any atom is -0.321 e. The Labute approximate surface area is 164 Å². The van der Waals surface area contributed by atoms with E-state index in [1.54, 1.807) is 38.1 Å². The first-order valence-corrected chi connectivity index (χ1v) is 10.2. The van der Waals surface area contributed by atoms with Crippen LogP contribution in [-0.2, 0) is 10.0 Å². The molecule has 0 saturated heterocycles. The molecule has 0 aliphatic rings. The molecule has 0 saturated carbocycles. The van der Waals surface area contributed by atoms with Crippen molar-refractivity contribution in [3.63, 3.8) is 0 Å². The third-order valence-electron chi connectivity index (χ3n) is 4.07. The van der Waals surface area contributed by atoms with Gasteiger partial charge in [-0.25, -0.2) is 8.42 Å². The van der Waals surface area contributed by atoms with Crippen LogP contribution in [-0.4, -0.2) is 37.5 Å². The predicted octanol–water partition coefficient (Wildman–Crippen LogP) is 3.83. The van der Waals surface area contributed by atoms with Gasteiger partial charge >= 0.3 is 0 Å². The molecule has 2 aromatic carbocycles. The number of amides is 1. The highest BCUT2D eigenvalue weighted by molar-refractivity contribution is 7.89. The predicted molar refractivity (Wildman–Crippen MR) is 106 cm³/mol. The van der Waals surface area contributed by atoms with Crippen molar-refractivity contribution in [3.05, 3.63) is 58.6 Å². The average molecular weight is 409 g/mol. The van der Waals surface area contributed by atoms with Gasteiger partial charge in [0.2, 0.25) is 10.0 Å². The maximum atomic E-state index is 12.8. The van der Waals surface area contributed by atoms with E-state index in [9.17, 15) is 18.0 Å². The minimum atomic E-state index is -3.82. The number of hydrogen-bond acceptors (Lipinski definition) is 4. The van der Waals surface area contributed by atoms with Gasteiger partial charge in [0.25, 0.3) is 5.91 Å². The zero-order valence-electron chi connectivity index (χ0n) is 15.3. The third-order valence-corrected chi connectivity index (χ3v) is 6.60. The fraction of sp³-hybridized carbons (Fsp3) is 0.263. The molecular formula is C19H21ClN2O4S. The van der Waals surface area contributed by atoms with Crippen LogP contribution in [0.2, 0.25) is 5.02 Å². The lowest BCUT2D eigenvalue weighted by molar-refractivity contribution is 0.101. The molecule has 1 amide bonds. The number of carbonyl (C=O) groups excluding carboxylic acids is 2. The highest BCUT2D eigenvalue weighted by Crippen LogP contribution is 2.26. The van der Waals surface area contributed by atoms with E-state index in [1.807, 2.05) is 0 Å². The molecule has 6 nitrogen and oxygen atoms in total. The maximum Gasteiger partial charge on any atom is 0.255 e. The van der Waals surface area contributed by atoms with Crippen molar-refractivity contribution >= 4 is 39.0 Å². The van der Waals surface area contributed by atoms with E-state index in [0.29, 0.717) is 11.3 Å². The van der Waals surface area contributed by atoms with E-state index >= 15 is 0 Å². The van der Waals surface area contributed by atoms with Gasteiger partial charge in [0, 0.05) is 24.2 Å². The Morgan fingerprint density at radius 2 is 1.70 bits per heavy atom. The molecular weight excluding hydrogens is 388 g/mol. The van der Waals surface area contributed by atoms with Crippen LogP contribution < -0.4 is 5.32 Å². The van der Waals surface area contributed by atoms with Gasteiger partial charge in [0.1, 0.15) is 4.90 Å². The Morgan fingerprint density at radius 3 is 2.30 bits per heavy atom. The number of nitrogens with zero attached hydrogens (tertiary/aromatic N) is 1. The Balaban J connectivity index is 2.41. The second-order valence-corrected chi connectivity index (χ2v) is 8.10. The molecule has 1 N–H and O–H groups in total. The largest absolute Gasteiger partial charge is 0.321 e. The first kappa shape index (κ1) is 21.1. The molecule has 0 aliphatic heterocycles. The number of halogens is 1. The van der Waals surface area contributed by atoms with Crippen LogP contribution in [0.5, 0.6) is 0 Å². The van der Waals surface area contributed by atoms with Crippen molar-refractivity contribution in [2.24, 2.45) is 0 Å². The van der Waals surface area contributed by atoms with Gasteiger partial charge in [0.05, 0.1) is 10.7 Å². The first-order chi connectivity index (χ1) is 12.7. The summed E-state index contributed by atoms with van der Waals surface area (Å²) in [6.07, 6.45) is 0. The molecule has 0 aliphatic carbocycles. The Hall–Kier alpha value is -2.22. The van der Waals surface area contributed by atoms with Gasteiger partial charge < -0.3 is 5.32 Å². The van der Waals surface area contributed by atoms with E-state index in [-0.39, 0.29) is 34.4 Å². The summed E-state index contributed by atoms with van der Waals surface area (Å²) in [5, 5.41) is 2.70. The van der Waals surface area contributed by atoms with Crippen LogP contribution in [0.4, 0.5) is 5.69 Å². The van der Waals surface area contributed by atoms with E-state index in [1.165, 1.54) is 29.4 Å². The van der Waals surface area contributed by atoms with E-state index in [0.717, 1.165) is 0 Å². The van der Waals surface area contributed by atoms with Crippen molar-refractivity contribution in [1.29, 1.82) is 0 Å². The summed E-state index contributed by atoms with van der Waals surface area (Å²) in [6, 6.07) is 10.7. The van der Waals surface area contributed by atoms with Crippen molar-refractivity contribution < 1.29 is 18.0 Å². The zero-order valence-corrected chi connectivity index (χ0v) is 16.9. The van der Waals surface area contributed by atoms with Crippen LogP contribution in [0, 0.1) is 0 Å². The highest BCUT2D eigenvalue weighted by Gasteiger charge is 2.25. The molecule has 2 aromatic rings. The van der Waals surface area contributed by atoms with Crippen molar-refractivity contribution in [2.45, 2.75) is 25.7 Å². The van der Waals surface area contributed by atoms with Crippen molar-refractivity contribution in [1.82, 2.24) is 4.31 Å². The summed E-state index contributed by atoms with van der Waals surface area (Å²) >= 11 is 6.09. The maximum absolute atomic E-state index is 12.8. The minimum absolute atomic E-state index is 0.0441.